The molecule has 7 rings (SSSR count). The second kappa shape index (κ2) is 11.4. The second-order valence-corrected chi connectivity index (χ2v) is 10.9. The van der Waals surface area contributed by atoms with Gasteiger partial charge in [-0.05, 0) is 69.3 Å². The second-order valence-electron chi connectivity index (χ2n) is 10.9. The summed E-state index contributed by atoms with van der Waals surface area (Å²) in [5, 5.41) is 13.9. The molecule has 0 unspecified atom stereocenters. The van der Waals surface area contributed by atoms with Crippen LogP contribution in [0.25, 0.3) is 10.9 Å². The lowest BCUT2D eigenvalue weighted by molar-refractivity contribution is 0.0998. The minimum atomic E-state index is -0.394. The maximum atomic E-state index is 13.6. The van der Waals surface area contributed by atoms with Crippen molar-refractivity contribution < 1.29 is 9.47 Å². The first-order chi connectivity index (χ1) is 20.6. The largest absolute Gasteiger partial charge is 0.454 e. The van der Waals surface area contributed by atoms with Gasteiger partial charge in [-0.2, -0.15) is 0 Å². The summed E-state index contributed by atoms with van der Waals surface area (Å²) in [6.45, 7) is 6.97. The molecule has 10 heteroatoms. The molecule has 1 N–H and O–H groups in total. The van der Waals surface area contributed by atoms with Gasteiger partial charge in [0.25, 0.3) is 5.56 Å². The fourth-order valence-electron chi connectivity index (χ4n) is 5.95. The van der Waals surface area contributed by atoms with Gasteiger partial charge in [0.15, 0.2) is 17.3 Å². The van der Waals surface area contributed by atoms with Crippen LogP contribution < -0.4 is 15.0 Å². The van der Waals surface area contributed by atoms with Gasteiger partial charge in [0.05, 0.1) is 6.54 Å². The van der Waals surface area contributed by atoms with Crippen molar-refractivity contribution in [2.24, 2.45) is 0 Å². The maximum Gasteiger partial charge on any atom is 0.253 e. The molecule has 4 heterocycles. The number of tetrazole rings is 1. The van der Waals surface area contributed by atoms with Crippen molar-refractivity contribution in [3.63, 3.8) is 0 Å². The zero-order chi connectivity index (χ0) is 28.5. The molecule has 0 radical (unpaired) electrons. The van der Waals surface area contributed by atoms with Crippen molar-refractivity contribution in [2.45, 2.75) is 32.5 Å². The molecule has 1 atom stereocenters. The highest BCUT2D eigenvalue weighted by molar-refractivity contribution is 5.80. The number of nitrogens with one attached hydrogen (secondary N) is 1. The van der Waals surface area contributed by atoms with Crippen LogP contribution in [0.15, 0.2) is 77.6 Å². The molecule has 0 saturated carbocycles. The van der Waals surface area contributed by atoms with Crippen molar-refractivity contribution in [1.82, 2.24) is 35.0 Å². The Morgan fingerprint density at radius 1 is 0.857 bits per heavy atom. The number of aryl methyl sites for hydroxylation is 1. The number of H-pyrrole nitrogens is 1. The van der Waals surface area contributed by atoms with E-state index in [4.69, 9.17) is 9.47 Å². The number of fused-ring (bicyclic) bond motifs is 2. The summed E-state index contributed by atoms with van der Waals surface area (Å²) in [5.74, 6) is 2.27. The van der Waals surface area contributed by atoms with Crippen LogP contribution in [0, 0.1) is 0 Å². The molecular formula is C32H33N7O3. The smallest absolute Gasteiger partial charge is 0.253 e. The summed E-state index contributed by atoms with van der Waals surface area (Å²) >= 11 is 0. The highest BCUT2D eigenvalue weighted by Crippen LogP contribution is 2.33. The van der Waals surface area contributed by atoms with E-state index in [0.717, 1.165) is 67.1 Å². The number of rotatable bonds is 8. The van der Waals surface area contributed by atoms with E-state index >= 15 is 0 Å². The molecule has 0 amide bonds. The number of hydrogen-bond acceptors (Lipinski definition) is 8. The fraction of sp³-hybridized carbons (Fsp3) is 0.312. The molecule has 2 aliphatic rings. The first-order valence-corrected chi connectivity index (χ1v) is 14.5. The Balaban J connectivity index is 1.20. The first kappa shape index (κ1) is 26.4. The Morgan fingerprint density at radius 2 is 1.67 bits per heavy atom. The monoisotopic (exact) mass is 563 g/mol. The third-order valence-corrected chi connectivity index (χ3v) is 8.23. The Hall–Kier alpha value is -4.54. The van der Waals surface area contributed by atoms with Crippen LogP contribution in [-0.2, 0) is 19.5 Å². The quantitative estimate of drug-likeness (QED) is 0.305. The number of aromatic nitrogens is 5. The molecule has 5 aromatic rings. The molecule has 0 bridgehead atoms. The molecule has 214 valence electrons. The van der Waals surface area contributed by atoms with E-state index in [1.807, 2.05) is 41.1 Å². The predicted octanol–water partition coefficient (Wildman–Crippen LogP) is 3.76. The molecule has 1 saturated heterocycles. The van der Waals surface area contributed by atoms with Gasteiger partial charge in [-0.1, -0.05) is 49.4 Å². The molecule has 2 aliphatic heterocycles. The molecule has 2 aromatic heterocycles. The minimum Gasteiger partial charge on any atom is -0.454 e. The summed E-state index contributed by atoms with van der Waals surface area (Å²) < 4.78 is 12.9. The maximum absolute atomic E-state index is 13.6. The average molecular weight is 564 g/mol. The molecule has 1 fully saturated rings. The predicted molar refractivity (Wildman–Crippen MR) is 159 cm³/mol. The summed E-state index contributed by atoms with van der Waals surface area (Å²) in [6, 6.07) is 24.1. The van der Waals surface area contributed by atoms with Crippen LogP contribution in [0.1, 0.15) is 41.0 Å². The van der Waals surface area contributed by atoms with Crippen LogP contribution in [0.5, 0.6) is 11.5 Å². The third-order valence-electron chi connectivity index (χ3n) is 8.23. The van der Waals surface area contributed by atoms with E-state index in [0.29, 0.717) is 17.9 Å². The van der Waals surface area contributed by atoms with E-state index in [1.54, 1.807) is 0 Å². The van der Waals surface area contributed by atoms with Crippen molar-refractivity contribution in [1.29, 1.82) is 0 Å². The van der Waals surface area contributed by atoms with Crippen molar-refractivity contribution in [2.75, 3.05) is 33.0 Å². The average Bonchev–Trinajstić information content (AvgIpc) is 3.68. The Labute approximate surface area is 243 Å². The molecule has 42 heavy (non-hydrogen) atoms. The molecule has 3 aromatic carbocycles. The lowest BCUT2D eigenvalue weighted by atomic mass is 10.0. The Bertz CT molecular complexity index is 1760. The third kappa shape index (κ3) is 5.26. The Morgan fingerprint density at radius 3 is 2.50 bits per heavy atom. The number of hydrogen-bond donors (Lipinski definition) is 1. The molecule has 0 aliphatic carbocycles. The van der Waals surface area contributed by atoms with Gasteiger partial charge in [0.2, 0.25) is 6.79 Å². The van der Waals surface area contributed by atoms with E-state index < -0.39 is 6.04 Å². The van der Waals surface area contributed by atoms with Crippen LogP contribution in [0.4, 0.5) is 0 Å². The fourth-order valence-corrected chi connectivity index (χ4v) is 5.95. The highest BCUT2D eigenvalue weighted by atomic mass is 16.7. The van der Waals surface area contributed by atoms with Crippen molar-refractivity contribution >= 4 is 10.9 Å². The summed E-state index contributed by atoms with van der Waals surface area (Å²) in [7, 11) is 0. The van der Waals surface area contributed by atoms with Gasteiger partial charge >= 0.3 is 0 Å². The molecule has 0 spiro atoms. The number of nitrogens with zero attached hydrogens (tertiary/aromatic N) is 6. The first-order valence-electron chi connectivity index (χ1n) is 14.5. The lowest BCUT2D eigenvalue weighted by Gasteiger charge is -2.38. The number of aromatic amines is 1. The Kier molecular flexibility index (Phi) is 7.15. The van der Waals surface area contributed by atoms with Gasteiger partial charge in [0, 0.05) is 43.8 Å². The molecular weight excluding hydrogens is 530 g/mol. The van der Waals surface area contributed by atoms with Gasteiger partial charge in [-0.15, -0.1) is 5.10 Å². The van der Waals surface area contributed by atoms with Crippen LogP contribution in [0.3, 0.4) is 0 Å². The van der Waals surface area contributed by atoms with Crippen molar-refractivity contribution in [3.05, 3.63) is 111 Å². The van der Waals surface area contributed by atoms with E-state index in [9.17, 15) is 4.79 Å². The zero-order valence-corrected chi connectivity index (χ0v) is 23.6. The highest BCUT2D eigenvalue weighted by Gasteiger charge is 2.33. The van der Waals surface area contributed by atoms with Gasteiger partial charge < -0.3 is 14.5 Å². The van der Waals surface area contributed by atoms with Crippen LogP contribution >= 0.6 is 0 Å². The van der Waals surface area contributed by atoms with Gasteiger partial charge in [-0.25, -0.2) is 4.68 Å². The van der Waals surface area contributed by atoms with Crippen molar-refractivity contribution in [3.8, 4) is 11.5 Å². The number of ether oxygens (including phenoxy) is 2. The minimum absolute atomic E-state index is 0.117. The summed E-state index contributed by atoms with van der Waals surface area (Å²) in [5.41, 5.74) is 4.88. The lowest BCUT2D eigenvalue weighted by Crippen LogP contribution is -2.48. The van der Waals surface area contributed by atoms with Gasteiger partial charge in [0.1, 0.15) is 6.04 Å². The SMILES string of the molecule is CCc1ccc2[nH]c(=O)c([C@@H](c3nnnn3Cc3ccccc3)N3CCN(Cc4ccc5c(c4)OCO5)CC3)cc2c1. The van der Waals surface area contributed by atoms with Gasteiger partial charge in [-0.3, -0.25) is 14.6 Å². The normalized spacial score (nSPS) is 16.2. The topological polar surface area (TPSA) is 101 Å². The van der Waals surface area contributed by atoms with E-state index in [2.05, 4.69) is 73.6 Å². The summed E-state index contributed by atoms with van der Waals surface area (Å²) in [4.78, 5) is 21.5. The van der Waals surface area contributed by atoms with Crippen LogP contribution in [0.2, 0.25) is 0 Å². The van der Waals surface area contributed by atoms with E-state index in [1.165, 1.54) is 11.1 Å². The summed E-state index contributed by atoms with van der Waals surface area (Å²) in [6.07, 6.45) is 0.925. The van der Waals surface area contributed by atoms with E-state index in [-0.39, 0.29) is 12.4 Å². The number of benzene rings is 3. The van der Waals surface area contributed by atoms with Crippen LogP contribution in [-0.4, -0.2) is 68.0 Å². The number of pyridine rings is 1. The molecule has 10 nitrogen and oxygen atoms in total. The standard InChI is InChI=1S/C32H33N7O3/c1-2-22-8-10-27-25(16-22)18-26(32(40)33-27)30(31-34-35-36-39(31)20-23-6-4-3-5-7-23)38-14-12-37(13-15-38)19-24-9-11-28-29(17-24)42-21-41-28/h3-11,16-18,30H,2,12-15,19-21H2,1H3,(H,33,40)/t30-/m0/s1. The zero-order valence-electron chi connectivity index (χ0n) is 23.6. The number of piperazine rings is 1.